The van der Waals surface area contributed by atoms with Crippen LogP contribution in [0.15, 0.2) is 78.2 Å². The number of rotatable bonds is 7. The van der Waals surface area contributed by atoms with Crippen molar-refractivity contribution >= 4 is 27.0 Å². The molecule has 208 valence electrons. The molecule has 0 aliphatic carbocycles. The van der Waals surface area contributed by atoms with Crippen molar-refractivity contribution in [3.05, 3.63) is 84.6 Å². The number of carbonyl (C=O) groups excluding carboxylic acids is 1. The van der Waals surface area contributed by atoms with E-state index in [2.05, 4.69) is 29.8 Å². The van der Waals surface area contributed by atoms with Crippen LogP contribution in [0.25, 0.3) is 16.8 Å². The lowest BCUT2D eigenvalue weighted by Crippen LogP contribution is -2.24. The summed E-state index contributed by atoms with van der Waals surface area (Å²) in [6.07, 6.45) is 6.98. The minimum absolute atomic E-state index is 0.00508. The van der Waals surface area contributed by atoms with Gasteiger partial charge < -0.3 is 5.32 Å². The van der Waals surface area contributed by atoms with Crippen molar-refractivity contribution in [2.45, 2.75) is 31.5 Å². The number of amides is 1. The summed E-state index contributed by atoms with van der Waals surface area (Å²) in [5.74, 6) is -0.669. The molecule has 0 unspecified atom stereocenters. The first-order valence-corrected chi connectivity index (χ1v) is 13.2. The van der Waals surface area contributed by atoms with E-state index in [1.165, 1.54) is 43.3 Å². The predicted octanol–water partition coefficient (Wildman–Crippen LogP) is 6.43. The second-order valence-electron chi connectivity index (χ2n) is 7.85. The molecule has 1 amide bonds. The van der Waals surface area contributed by atoms with Gasteiger partial charge in [-0.15, -0.1) is 19.4 Å². The smallest absolute Gasteiger partial charge is 0.324 e. The number of halogens is 4. The van der Waals surface area contributed by atoms with Gasteiger partial charge in [-0.2, -0.15) is 18.3 Å². The number of nitrogens with one attached hydrogen (secondary N) is 1. The molecule has 0 atom stereocenters. The van der Waals surface area contributed by atoms with Gasteiger partial charge in [-0.05, 0) is 43.7 Å². The third kappa shape index (κ3) is 9.26. The first-order valence-electron chi connectivity index (χ1n) is 11.3. The fourth-order valence-electron chi connectivity index (χ4n) is 3.30. The highest BCUT2D eigenvalue weighted by molar-refractivity contribution is 7.90. The molecule has 0 fully saturated rings. The Morgan fingerprint density at radius 2 is 1.64 bits per heavy atom. The number of sulfone groups is 1. The highest BCUT2D eigenvalue weighted by atomic mass is 32.2. The molecule has 11 heteroatoms. The Bertz CT molecular complexity index is 1410. The second kappa shape index (κ2) is 14.7. The minimum atomic E-state index is -4.79. The topological polar surface area (TPSA) is 81.1 Å². The molecule has 0 saturated carbocycles. The van der Waals surface area contributed by atoms with Gasteiger partial charge >= 0.3 is 6.18 Å². The molecule has 0 aliphatic heterocycles. The number of hydrogen-bond donors (Lipinski definition) is 1. The molecule has 6 nitrogen and oxygen atoms in total. The largest absolute Gasteiger partial charge is 0.433 e. The van der Waals surface area contributed by atoms with Crippen molar-refractivity contribution < 1.29 is 30.8 Å². The van der Waals surface area contributed by atoms with Gasteiger partial charge in [0.2, 0.25) is 5.91 Å². The van der Waals surface area contributed by atoms with Gasteiger partial charge in [-0.25, -0.2) is 17.5 Å². The van der Waals surface area contributed by atoms with E-state index < -0.39 is 40.8 Å². The molecule has 0 aliphatic rings. The van der Waals surface area contributed by atoms with E-state index in [0.717, 1.165) is 6.26 Å². The van der Waals surface area contributed by atoms with E-state index in [4.69, 9.17) is 0 Å². The first-order chi connectivity index (χ1) is 18.3. The van der Waals surface area contributed by atoms with Crippen LogP contribution in [-0.2, 0) is 27.4 Å². The number of anilines is 1. The van der Waals surface area contributed by atoms with Gasteiger partial charge in [0.05, 0.1) is 4.90 Å². The van der Waals surface area contributed by atoms with E-state index in [9.17, 15) is 30.8 Å². The second-order valence-corrected chi connectivity index (χ2v) is 9.87. The molecule has 0 bridgehead atoms. The molecular formula is C28H29F4N3O3S. The highest BCUT2D eigenvalue weighted by Gasteiger charge is 2.41. The number of aromatic nitrogens is 2. The van der Waals surface area contributed by atoms with Crippen LogP contribution < -0.4 is 5.32 Å². The maximum absolute atomic E-state index is 14.1. The maximum atomic E-state index is 14.1. The first kappa shape index (κ1) is 32.9. The molecular weight excluding hydrogens is 534 g/mol. The monoisotopic (exact) mass is 563 g/mol. The fourth-order valence-corrected chi connectivity index (χ4v) is 3.93. The SMILES string of the molecule is C#C.C/C=C(\C)c1c(-c2ccc(S(C)(=O)=O)cc2)nn(CC(=O)Nc2ccccc2)c1C(F)(F)F.C=CCF. The lowest BCUT2D eigenvalue weighted by atomic mass is 9.99. The molecule has 39 heavy (non-hydrogen) atoms. The molecule has 1 heterocycles. The number of nitrogens with zero attached hydrogens (tertiary/aromatic N) is 2. The molecule has 0 spiro atoms. The number of terminal acetylenes is 1. The zero-order valence-corrected chi connectivity index (χ0v) is 22.5. The van der Waals surface area contributed by atoms with Crippen molar-refractivity contribution in [2.24, 2.45) is 0 Å². The van der Waals surface area contributed by atoms with Crippen LogP contribution in [0.5, 0.6) is 0 Å². The molecule has 3 rings (SSSR count). The third-order valence-electron chi connectivity index (χ3n) is 5.06. The number of carbonyl (C=O) groups is 1. The Balaban J connectivity index is 0.00000116. The van der Waals surface area contributed by atoms with Crippen molar-refractivity contribution in [2.75, 3.05) is 18.2 Å². The van der Waals surface area contributed by atoms with Crippen LogP contribution in [0.1, 0.15) is 25.1 Å². The average molecular weight is 564 g/mol. The molecule has 3 aromatic rings. The molecule has 1 aromatic heterocycles. The van der Waals surface area contributed by atoms with E-state index >= 15 is 0 Å². The van der Waals surface area contributed by atoms with Crippen LogP contribution >= 0.6 is 0 Å². The number of hydrogen-bond acceptors (Lipinski definition) is 4. The lowest BCUT2D eigenvalue weighted by molar-refractivity contribution is -0.144. The molecule has 1 N–H and O–H groups in total. The average Bonchev–Trinajstić information content (AvgIpc) is 3.29. The van der Waals surface area contributed by atoms with Gasteiger partial charge in [0.25, 0.3) is 0 Å². The fraction of sp³-hybridized carbons (Fsp3) is 0.214. The summed E-state index contributed by atoms with van der Waals surface area (Å²) in [7, 11) is -3.47. The van der Waals surface area contributed by atoms with Crippen molar-refractivity contribution in [1.29, 1.82) is 0 Å². The zero-order chi connectivity index (χ0) is 29.8. The van der Waals surface area contributed by atoms with Crippen LogP contribution in [0.3, 0.4) is 0 Å². The Morgan fingerprint density at radius 1 is 1.10 bits per heavy atom. The van der Waals surface area contributed by atoms with Crippen molar-refractivity contribution in [3.63, 3.8) is 0 Å². The molecule has 0 saturated heterocycles. The lowest BCUT2D eigenvalue weighted by Gasteiger charge is -2.13. The van der Waals surface area contributed by atoms with Gasteiger partial charge in [-0.3, -0.25) is 4.79 Å². The van der Waals surface area contributed by atoms with Crippen LogP contribution in [-0.4, -0.2) is 37.0 Å². The van der Waals surface area contributed by atoms with Gasteiger partial charge in [0.15, 0.2) is 15.5 Å². The number of para-hydroxylation sites is 1. The normalized spacial score (nSPS) is 11.4. The van der Waals surface area contributed by atoms with Gasteiger partial charge in [0.1, 0.15) is 18.9 Å². The van der Waals surface area contributed by atoms with E-state index in [1.807, 2.05) is 0 Å². The van der Waals surface area contributed by atoms with Crippen LogP contribution in [0, 0.1) is 12.8 Å². The third-order valence-corrected chi connectivity index (χ3v) is 6.19. The minimum Gasteiger partial charge on any atom is -0.324 e. The molecule has 0 radical (unpaired) electrons. The predicted molar refractivity (Wildman–Crippen MR) is 146 cm³/mol. The summed E-state index contributed by atoms with van der Waals surface area (Å²) in [4.78, 5) is 12.5. The van der Waals surface area contributed by atoms with Crippen LogP contribution in [0.2, 0.25) is 0 Å². The zero-order valence-electron chi connectivity index (χ0n) is 21.7. The van der Waals surface area contributed by atoms with E-state index in [1.54, 1.807) is 37.3 Å². The summed E-state index contributed by atoms with van der Waals surface area (Å²) in [5, 5.41) is 6.69. The van der Waals surface area contributed by atoms with Crippen LogP contribution in [0.4, 0.5) is 23.2 Å². The summed E-state index contributed by atoms with van der Waals surface area (Å²) in [5.41, 5.74) is -0.145. The quantitative estimate of drug-likeness (QED) is 0.204. The Labute approximate surface area is 226 Å². The highest BCUT2D eigenvalue weighted by Crippen LogP contribution is 2.40. The number of allylic oxidation sites excluding steroid dienone is 3. The summed E-state index contributed by atoms with van der Waals surface area (Å²) in [6.45, 7) is 5.16. The summed E-state index contributed by atoms with van der Waals surface area (Å²) in [6, 6.07) is 13.8. The summed E-state index contributed by atoms with van der Waals surface area (Å²) < 4.78 is 77.1. The van der Waals surface area contributed by atoms with Crippen molar-refractivity contribution in [1.82, 2.24) is 9.78 Å². The van der Waals surface area contributed by atoms with E-state index in [0.29, 0.717) is 21.5 Å². The number of benzene rings is 2. The van der Waals surface area contributed by atoms with Gasteiger partial charge in [-0.1, -0.05) is 42.5 Å². The standard InChI is InChI=1S/C23H22F3N3O3S.C3H5F.C2H2/c1-4-15(2)20-21(16-10-12-18(13-11-16)33(3,31)32)28-29(22(20)23(24,25)26)14-19(30)27-17-8-6-5-7-9-17;1-2-3-4;1-2/h4-13H,14H2,1-3H3,(H,27,30);2H,1,3H2;1-2H/b15-4+;;. The van der Waals surface area contributed by atoms with Crippen molar-refractivity contribution in [3.8, 4) is 24.1 Å². The Hall–Kier alpha value is -4.17. The molecule has 2 aromatic carbocycles. The maximum Gasteiger partial charge on any atom is 0.433 e. The Kier molecular flexibility index (Phi) is 12.4. The Morgan fingerprint density at radius 3 is 2.08 bits per heavy atom. The van der Waals surface area contributed by atoms with E-state index in [-0.39, 0.29) is 16.2 Å². The number of alkyl halides is 4. The van der Waals surface area contributed by atoms with Gasteiger partial charge in [0, 0.05) is 23.1 Å². The summed E-state index contributed by atoms with van der Waals surface area (Å²) >= 11 is 0.